The highest BCUT2D eigenvalue weighted by Gasteiger charge is 2.20. The molecule has 2 aromatic rings. The number of nitrogens with one attached hydrogen (secondary N) is 1. The van der Waals surface area contributed by atoms with Crippen LogP contribution in [0.15, 0.2) is 48.7 Å². The number of ether oxygens (including phenoxy) is 1. The van der Waals surface area contributed by atoms with Crippen molar-refractivity contribution in [3.05, 3.63) is 59.8 Å². The summed E-state index contributed by atoms with van der Waals surface area (Å²) in [6.07, 6.45) is 7.36. The summed E-state index contributed by atoms with van der Waals surface area (Å²) in [5, 5.41) is 2.69. The van der Waals surface area contributed by atoms with Crippen molar-refractivity contribution in [2.24, 2.45) is 0 Å². The van der Waals surface area contributed by atoms with Gasteiger partial charge in [0.1, 0.15) is 11.9 Å². The maximum absolute atomic E-state index is 12.2. The van der Waals surface area contributed by atoms with Gasteiger partial charge >= 0.3 is 0 Å². The summed E-state index contributed by atoms with van der Waals surface area (Å²) >= 11 is 0. The summed E-state index contributed by atoms with van der Waals surface area (Å²) in [5.41, 5.74) is 1.85. The number of carbonyl (C=O) groups is 1. The lowest BCUT2D eigenvalue weighted by atomic mass is 10.1. The predicted molar refractivity (Wildman–Crippen MR) is 112 cm³/mol. The molecule has 0 atom stereocenters. The normalized spacial score (nSPS) is 14.6. The number of sulfone groups is 1. The number of nitrogens with zero attached hydrogens (tertiary/aromatic N) is 1. The minimum absolute atomic E-state index is 0.00174. The third-order valence-electron chi connectivity index (χ3n) is 5.02. The molecule has 0 spiro atoms. The van der Waals surface area contributed by atoms with Crippen molar-refractivity contribution in [2.45, 2.75) is 51.2 Å². The second-order valence-electron chi connectivity index (χ2n) is 7.45. The highest BCUT2D eigenvalue weighted by atomic mass is 32.2. The maximum Gasteiger partial charge on any atom is 0.235 e. The quantitative estimate of drug-likeness (QED) is 0.643. The molecule has 1 saturated carbocycles. The molecule has 1 aliphatic rings. The summed E-state index contributed by atoms with van der Waals surface area (Å²) in [5.74, 6) is -0.482. The van der Waals surface area contributed by atoms with Gasteiger partial charge in [-0.3, -0.25) is 4.79 Å². The summed E-state index contributed by atoms with van der Waals surface area (Å²) in [6, 6.07) is 13.4. The number of aromatic nitrogens is 1. The SMILES string of the molecule is O=C(CS(=O)(=O)CCCc1ccccc1)NCc1cccnc1OC1CCCC1. The largest absolute Gasteiger partial charge is 0.474 e. The van der Waals surface area contributed by atoms with Crippen LogP contribution in [0.5, 0.6) is 5.88 Å². The Morgan fingerprint density at radius 1 is 1.10 bits per heavy atom. The molecule has 156 valence electrons. The molecule has 1 N–H and O–H groups in total. The molecule has 29 heavy (non-hydrogen) atoms. The Morgan fingerprint density at radius 3 is 2.62 bits per heavy atom. The minimum Gasteiger partial charge on any atom is -0.474 e. The molecule has 0 saturated heterocycles. The van der Waals surface area contributed by atoms with E-state index < -0.39 is 21.5 Å². The number of hydrogen-bond donors (Lipinski definition) is 1. The standard InChI is InChI=1S/C22H28N2O4S/c25-21(17-29(26,27)15-7-10-18-8-2-1-3-9-18)24-16-19-11-6-14-23-22(19)28-20-12-4-5-13-20/h1-3,6,8-9,11,14,20H,4-5,7,10,12-13,15-17H2,(H,24,25). The van der Waals surface area contributed by atoms with E-state index in [1.54, 1.807) is 12.3 Å². The van der Waals surface area contributed by atoms with E-state index in [-0.39, 0.29) is 18.4 Å². The van der Waals surface area contributed by atoms with Crippen molar-refractivity contribution in [3.8, 4) is 5.88 Å². The van der Waals surface area contributed by atoms with Crippen LogP contribution in [0.25, 0.3) is 0 Å². The lowest BCUT2D eigenvalue weighted by molar-refractivity contribution is -0.118. The fourth-order valence-electron chi connectivity index (χ4n) is 3.49. The van der Waals surface area contributed by atoms with Gasteiger partial charge in [0.05, 0.1) is 5.75 Å². The van der Waals surface area contributed by atoms with Crippen LogP contribution in [-0.4, -0.2) is 36.9 Å². The van der Waals surface area contributed by atoms with Gasteiger partial charge in [0.15, 0.2) is 9.84 Å². The highest BCUT2D eigenvalue weighted by molar-refractivity contribution is 7.92. The molecule has 7 heteroatoms. The number of benzene rings is 1. The molecule has 1 heterocycles. The number of carbonyl (C=O) groups excluding carboxylic acids is 1. The van der Waals surface area contributed by atoms with Gasteiger partial charge < -0.3 is 10.1 Å². The van der Waals surface area contributed by atoms with Crippen molar-refractivity contribution in [3.63, 3.8) is 0 Å². The Morgan fingerprint density at radius 2 is 1.86 bits per heavy atom. The van der Waals surface area contributed by atoms with Gasteiger partial charge in [0.2, 0.25) is 11.8 Å². The van der Waals surface area contributed by atoms with Gasteiger partial charge in [-0.15, -0.1) is 0 Å². The van der Waals surface area contributed by atoms with Crippen LogP contribution in [0, 0.1) is 0 Å². The molecule has 0 aliphatic heterocycles. The zero-order chi connectivity index (χ0) is 20.5. The van der Waals surface area contributed by atoms with Crippen LogP contribution >= 0.6 is 0 Å². The fraction of sp³-hybridized carbons (Fsp3) is 0.455. The molecule has 3 rings (SSSR count). The molecule has 0 bridgehead atoms. The van der Waals surface area contributed by atoms with Crippen molar-refractivity contribution < 1.29 is 17.9 Å². The smallest absolute Gasteiger partial charge is 0.235 e. The highest BCUT2D eigenvalue weighted by Crippen LogP contribution is 2.24. The predicted octanol–water partition coefficient (Wildman–Crippen LogP) is 3.07. The molecular formula is C22H28N2O4S. The van der Waals surface area contributed by atoms with Gasteiger partial charge in [-0.1, -0.05) is 36.4 Å². The number of rotatable bonds is 10. The lowest BCUT2D eigenvalue weighted by Gasteiger charge is -2.15. The third-order valence-corrected chi connectivity index (χ3v) is 6.63. The van der Waals surface area contributed by atoms with Crippen LogP contribution in [-0.2, 0) is 27.6 Å². The van der Waals surface area contributed by atoms with Crippen LogP contribution in [0.3, 0.4) is 0 Å². The van der Waals surface area contributed by atoms with E-state index >= 15 is 0 Å². The average molecular weight is 417 g/mol. The zero-order valence-corrected chi connectivity index (χ0v) is 17.4. The van der Waals surface area contributed by atoms with Gasteiger partial charge in [-0.25, -0.2) is 13.4 Å². The molecule has 6 nitrogen and oxygen atoms in total. The summed E-state index contributed by atoms with van der Waals surface area (Å²) in [4.78, 5) is 16.4. The van der Waals surface area contributed by atoms with Gasteiger partial charge in [0.25, 0.3) is 0 Å². The Hall–Kier alpha value is -2.41. The summed E-state index contributed by atoms with van der Waals surface area (Å²) < 4.78 is 30.4. The van der Waals surface area contributed by atoms with Crippen molar-refractivity contribution >= 4 is 15.7 Å². The number of pyridine rings is 1. The first-order valence-electron chi connectivity index (χ1n) is 10.1. The molecule has 1 amide bonds. The molecule has 1 fully saturated rings. The summed E-state index contributed by atoms with van der Waals surface area (Å²) in [7, 11) is -3.44. The molecule has 0 unspecified atom stereocenters. The Bertz CT molecular complexity index is 894. The van der Waals surface area contributed by atoms with Crippen LogP contribution in [0.2, 0.25) is 0 Å². The van der Waals surface area contributed by atoms with E-state index in [1.165, 1.54) is 0 Å². The Labute approximate surface area is 172 Å². The molecule has 1 aliphatic carbocycles. The van der Waals surface area contributed by atoms with Crippen molar-refractivity contribution in [1.29, 1.82) is 0 Å². The van der Waals surface area contributed by atoms with E-state index in [2.05, 4.69) is 10.3 Å². The van der Waals surface area contributed by atoms with E-state index in [4.69, 9.17) is 4.74 Å². The number of hydrogen-bond acceptors (Lipinski definition) is 5. The number of amides is 1. The Kier molecular flexibility index (Phi) is 7.63. The zero-order valence-electron chi connectivity index (χ0n) is 16.5. The first kappa shape index (κ1) is 21.3. The second-order valence-corrected chi connectivity index (χ2v) is 9.63. The van der Waals surface area contributed by atoms with Gasteiger partial charge in [-0.2, -0.15) is 0 Å². The molecule has 1 aromatic carbocycles. The Balaban J connectivity index is 1.45. The third kappa shape index (κ3) is 7.16. The van der Waals surface area contributed by atoms with Crippen LogP contribution in [0.4, 0.5) is 0 Å². The summed E-state index contributed by atoms with van der Waals surface area (Å²) in [6.45, 7) is 0.203. The molecule has 1 aromatic heterocycles. The monoisotopic (exact) mass is 416 g/mol. The molecular weight excluding hydrogens is 388 g/mol. The average Bonchev–Trinajstić information content (AvgIpc) is 3.21. The van der Waals surface area contributed by atoms with E-state index in [0.717, 1.165) is 36.8 Å². The van der Waals surface area contributed by atoms with Gasteiger partial charge in [0, 0.05) is 18.3 Å². The topological polar surface area (TPSA) is 85.4 Å². The van der Waals surface area contributed by atoms with E-state index in [9.17, 15) is 13.2 Å². The van der Waals surface area contributed by atoms with Crippen molar-refractivity contribution in [1.82, 2.24) is 10.3 Å². The fourth-order valence-corrected chi connectivity index (χ4v) is 4.72. The van der Waals surface area contributed by atoms with Gasteiger partial charge in [-0.05, 0) is 50.2 Å². The van der Waals surface area contributed by atoms with E-state index in [0.29, 0.717) is 18.7 Å². The number of aryl methyl sites for hydroxylation is 1. The maximum atomic E-state index is 12.2. The van der Waals surface area contributed by atoms with Crippen LogP contribution < -0.4 is 10.1 Å². The first-order valence-corrected chi connectivity index (χ1v) is 12.0. The van der Waals surface area contributed by atoms with Crippen LogP contribution in [0.1, 0.15) is 43.2 Å². The first-order chi connectivity index (χ1) is 14.0. The van der Waals surface area contributed by atoms with Crippen molar-refractivity contribution in [2.75, 3.05) is 11.5 Å². The molecule has 0 radical (unpaired) electrons. The van der Waals surface area contributed by atoms with E-state index in [1.807, 2.05) is 36.4 Å². The lowest BCUT2D eigenvalue weighted by Crippen LogP contribution is -2.31. The second kappa shape index (κ2) is 10.4. The minimum atomic E-state index is -3.44.